The van der Waals surface area contributed by atoms with E-state index in [0.717, 1.165) is 17.7 Å². The van der Waals surface area contributed by atoms with Gasteiger partial charge in [0.1, 0.15) is 0 Å². The Bertz CT molecular complexity index is 482. The molecule has 0 amide bonds. The number of aliphatic hydroxyl groups excluding tert-OH is 1. The molecular formula is C14H19NO3. The van der Waals surface area contributed by atoms with Crippen molar-refractivity contribution in [1.82, 2.24) is 0 Å². The molecule has 0 saturated heterocycles. The van der Waals surface area contributed by atoms with E-state index in [-0.39, 0.29) is 17.6 Å². The predicted octanol–water partition coefficient (Wildman–Crippen LogP) is 2.26. The van der Waals surface area contributed by atoms with Crippen molar-refractivity contribution >= 4 is 11.7 Å². The summed E-state index contributed by atoms with van der Waals surface area (Å²) in [7, 11) is 0. The summed E-state index contributed by atoms with van der Waals surface area (Å²) in [5.74, 6) is -0.913. The molecule has 2 unspecified atom stereocenters. The topological polar surface area (TPSA) is 69.6 Å². The minimum atomic E-state index is -0.913. The van der Waals surface area contributed by atoms with Crippen LogP contribution in [-0.4, -0.2) is 28.3 Å². The lowest BCUT2D eigenvalue weighted by Crippen LogP contribution is -2.56. The maximum absolute atomic E-state index is 10.8. The zero-order valence-corrected chi connectivity index (χ0v) is 10.9. The molecule has 2 atom stereocenters. The van der Waals surface area contributed by atoms with E-state index in [1.54, 1.807) is 18.2 Å². The Labute approximate surface area is 107 Å². The average molecular weight is 249 g/mol. The molecule has 0 radical (unpaired) electrons. The van der Waals surface area contributed by atoms with Crippen molar-refractivity contribution in [3.05, 3.63) is 29.3 Å². The van der Waals surface area contributed by atoms with Crippen LogP contribution in [0.1, 0.15) is 36.2 Å². The molecule has 0 spiro atoms. The second kappa shape index (κ2) is 4.28. The van der Waals surface area contributed by atoms with Crippen molar-refractivity contribution in [3.63, 3.8) is 0 Å². The number of carbonyl (C=O) groups is 1. The van der Waals surface area contributed by atoms with Crippen LogP contribution >= 0.6 is 0 Å². The highest BCUT2D eigenvalue weighted by atomic mass is 16.4. The molecule has 4 heteroatoms. The Morgan fingerprint density at radius 2 is 2.11 bits per heavy atom. The zero-order chi connectivity index (χ0) is 13.5. The summed E-state index contributed by atoms with van der Waals surface area (Å²) in [6, 6.07) is 5.27. The van der Waals surface area contributed by atoms with E-state index in [1.165, 1.54) is 0 Å². The molecule has 4 nitrogen and oxygen atoms in total. The van der Waals surface area contributed by atoms with Gasteiger partial charge in [0.05, 0.1) is 11.7 Å². The number of hydrogen-bond acceptors (Lipinski definition) is 3. The quantitative estimate of drug-likeness (QED) is 0.768. The molecule has 18 heavy (non-hydrogen) atoms. The van der Waals surface area contributed by atoms with Gasteiger partial charge in [-0.1, -0.05) is 13.8 Å². The summed E-state index contributed by atoms with van der Waals surface area (Å²) in [6.07, 6.45) is 0.459. The number of benzene rings is 1. The summed E-state index contributed by atoms with van der Waals surface area (Å²) < 4.78 is 0. The number of rotatable bonds is 3. The van der Waals surface area contributed by atoms with Crippen LogP contribution in [0.25, 0.3) is 0 Å². The standard InChI is InChI=1S/C14H19NO3/c1-8-6-9(13(17)18)4-5-10(8)15-11-7-12(16)14(11,2)3/h4-6,11-12,15-16H,7H2,1-3H3,(H,17,18). The van der Waals surface area contributed by atoms with Gasteiger partial charge >= 0.3 is 5.97 Å². The highest BCUT2D eigenvalue weighted by molar-refractivity contribution is 5.88. The van der Waals surface area contributed by atoms with Gasteiger partial charge in [-0.15, -0.1) is 0 Å². The number of carboxylic acids is 1. The van der Waals surface area contributed by atoms with Gasteiger partial charge in [-0.2, -0.15) is 0 Å². The molecule has 0 bridgehead atoms. The van der Waals surface area contributed by atoms with Crippen LogP contribution in [0.3, 0.4) is 0 Å². The largest absolute Gasteiger partial charge is 0.478 e. The highest BCUT2D eigenvalue weighted by Gasteiger charge is 2.47. The molecule has 1 aliphatic rings. The van der Waals surface area contributed by atoms with E-state index in [1.807, 2.05) is 20.8 Å². The van der Waals surface area contributed by atoms with Gasteiger partial charge in [0.15, 0.2) is 0 Å². The Morgan fingerprint density at radius 3 is 2.56 bits per heavy atom. The van der Waals surface area contributed by atoms with Crippen LogP contribution in [0.2, 0.25) is 0 Å². The third-order valence-corrected chi connectivity index (χ3v) is 4.02. The molecule has 1 saturated carbocycles. The number of aliphatic hydroxyl groups is 1. The number of anilines is 1. The SMILES string of the molecule is Cc1cc(C(=O)O)ccc1NC1CC(O)C1(C)C. The number of carboxylic acid groups (broad SMARTS) is 1. The Balaban J connectivity index is 2.14. The van der Waals surface area contributed by atoms with Gasteiger partial charge in [-0.05, 0) is 37.1 Å². The van der Waals surface area contributed by atoms with Gasteiger partial charge in [-0.25, -0.2) is 4.79 Å². The van der Waals surface area contributed by atoms with Gasteiger partial charge in [0, 0.05) is 17.1 Å². The molecule has 1 fully saturated rings. The first kappa shape index (κ1) is 12.9. The van der Waals surface area contributed by atoms with Crippen molar-refractivity contribution in [2.24, 2.45) is 5.41 Å². The van der Waals surface area contributed by atoms with Crippen LogP contribution in [0, 0.1) is 12.3 Å². The van der Waals surface area contributed by atoms with E-state index in [2.05, 4.69) is 5.32 Å². The van der Waals surface area contributed by atoms with E-state index in [9.17, 15) is 9.90 Å². The van der Waals surface area contributed by atoms with Crippen LogP contribution in [0.5, 0.6) is 0 Å². The van der Waals surface area contributed by atoms with Gasteiger partial charge < -0.3 is 15.5 Å². The first-order chi connectivity index (χ1) is 8.32. The molecule has 2 rings (SSSR count). The number of nitrogens with one attached hydrogen (secondary N) is 1. The lowest BCUT2D eigenvalue weighted by atomic mass is 9.64. The van der Waals surface area contributed by atoms with Crippen LogP contribution < -0.4 is 5.32 Å². The molecule has 0 heterocycles. The summed E-state index contributed by atoms with van der Waals surface area (Å²) in [5.41, 5.74) is 2.00. The predicted molar refractivity (Wildman–Crippen MR) is 70.0 cm³/mol. The molecule has 0 aliphatic heterocycles. The second-order valence-corrected chi connectivity index (χ2v) is 5.60. The fourth-order valence-electron chi connectivity index (χ4n) is 2.29. The molecule has 1 aliphatic carbocycles. The molecule has 1 aromatic carbocycles. The molecular weight excluding hydrogens is 230 g/mol. The molecule has 0 aromatic heterocycles. The van der Waals surface area contributed by atoms with E-state index in [0.29, 0.717) is 5.56 Å². The summed E-state index contributed by atoms with van der Waals surface area (Å²) in [5, 5.41) is 22.0. The second-order valence-electron chi connectivity index (χ2n) is 5.60. The number of aryl methyl sites for hydroxylation is 1. The molecule has 98 valence electrons. The maximum atomic E-state index is 10.8. The van der Waals surface area contributed by atoms with Gasteiger partial charge in [0.25, 0.3) is 0 Å². The van der Waals surface area contributed by atoms with E-state index >= 15 is 0 Å². The normalized spacial score (nSPS) is 25.3. The minimum Gasteiger partial charge on any atom is -0.478 e. The van der Waals surface area contributed by atoms with Crippen LogP contribution in [0.4, 0.5) is 5.69 Å². The maximum Gasteiger partial charge on any atom is 0.335 e. The van der Waals surface area contributed by atoms with Crippen molar-refractivity contribution in [2.45, 2.75) is 39.3 Å². The van der Waals surface area contributed by atoms with Crippen molar-refractivity contribution in [3.8, 4) is 0 Å². The fraction of sp³-hybridized carbons (Fsp3) is 0.500. The third kappa shape index (κ3) is 2.08. The van der Waals surface area contributed by atoms with Gasteiger partial charge in [-0.3, -0.25) is 0 Å². The summed E-state index contributed by atoms with van der Waals surface area (Å²) >= 11 is 0. The Kier molecular flexibility index (Phi) is 3.07. The number of hydrogen-bond donors (Lipinski definition) is 3. The van der Waals surface area contributed by atoms with Crippen LogP contribution in [-0.2, 0) is 0 Å². The van der Waals surface area contributed by atoms with E-state index < -0.39 is 5.97 Å². The fourth-order valence-corrected chi connectivity index (χ4v) is 2.29. The Hall–Kier alpha value is -1.55. The van der Waals surface area contributed by atoms with E-state index in [4.69, 9.17) is 5.11 Å². The molecule has 3 N–H and O–H groups in total. The first-order valence-electron chi connectivity index (χ1n) is 6.11. The summed E-state index contributed by atoms with van der Waals surface area (Å²) in [4.78, 5) is 10.8. The first-order valence-corrected chi connectivity index (χ1v) is 6.11. The third-order valence-electron chi connectivity index (χ3n) is 4.02. The Morgan fingerprint density at radius 1 is 1.44 bits per heavy atom. The minimum absolute atomic E-state index is 0.141. The smallest absolute Gasteiger partial charge is 0.335 e. The number of aromatic carboxylic acids is 1. The lowest BCUT2D eigenvalue weighted by Gasteiger charge is -2.50. The van der Waals surface area contributed by atoms with Crippen molar-refractivity contribution < 1.29 is 15.0 Å². The molecule has 1 aromatic rings. The van der Waals surface area contributed by atoms with Crippen molar-refractivity contribution in [1.29, 1.82) is 0 Å². The van der Waals surface area contributed by atoms with Crippen LogP contribution in [0.15, 0.2) is 18.2 Å². The summed E-state index contributed by atoms with van der Waals surface area (Å²) in [6.45, 7) is 5.94. The zero-order valence-electron chi connectivity index (χ0n) is 10.9. The van der Waals surface area contributed by atoms with Gasteiger partial charge in [0.2, 0.25) is 0 Å². The van der Waals surface area contributed by atoms with Crippen molar-refractivity contribution in [2.75, 3.05) is 5.32 Å². The average Bonchev–Trinajstić information content (AvgIpc) is 2.30. The highest BCUT2D eigenvalue weighted by Crippen LogP contribution is 2.42. The monoisotopic (exact) mass is 249 g/mol. The lowest BCUT2D eigenvalue weighted by molar-refractivity contribution is -0.0510.